The fourth-order valence-corrected chi connectivity index (χ4v) is 3.02. The molecule has 2 amide bonds. The second kappa shape index (κ2) is 8.85. The van der Waals surface area contributed by atoms with E-state index in [0.29, 0.717) is 19.0 Å². The number of halogens is 1. The lowest BCUT2D eigenvalue weighted by Crippen LogP contribution is -2.49. The van der Waals surface area contributed by atoms with Crippen LogP contribution in [-0.4, -0.2) is 73.5 Å². The first-order valence-electron chi connectivity index (χ1n) is 8.39. The van der Waals surface area contributed by atoms with E-state index in [9.17, 15) is 9.59 Å². The molecule has 6 nitrogen and oxygen atoms in total. The minimum Gasteiger partial charge on any atom is -0.355 e. The van der Waals surface area contributed by atoms with Gasteiger partial charge in [0.05, 0.1) is 0 Å². The van der Waals surface area contributed by atoms with E-state index in [1.165, 1.54) is 0 Å². The van der Waals surface area contributed by atoms with Crippen molar-refractivity contribution in [1.82, 2.24) is 20.4 Å². The average Bonchev–Trinajstić information content (AvgIpc) is 2.97. The van der Waals surface area contributed by atoms with Crippen molar-refractivity contribution in [2.45, 2.75) is 39.7 Å². The molecule has 0 aliphatic carbocycles. The lowest BCUT2D eigenvalue weighted by atomic mass is 9.96. The van der Waals surface area contributed by atoms with Gasteiger partial charge < -0.3 is 15.5 Å². The number of rotatable bonds is 4. The van der Waals surface area contributed by atoms with Gasteiger partial charge in [-0.25, -0.2) is 0 Å². The standard InChI is InChI=1S/C16H30N4O2.ClH/c1-16(2,3)15(22)18-6-4-14(21)20-9-5-13(12-20)19-10-7-17-8-11-19;/h13,17H,4-12H2,1-3H3,(H,18,22);1H. The molecule has 2 N–H and O–H groups in total. The summed E-state index contributed by atoms with van der Waals surface area (Å²) in [7, 11) is 0. The quantitative estimate of drug-likeness (QED) is 0.776. The van der Waals surface area contributed by atoms with Crippen LogP contribution in [0.1, 0.15) is 33.6 Å². The van der Waals surface area contributed by atoms with E-state index in [-0.39, 0.29) is 24.2 Å². The lowest BCUT2D eigenvalue weighted by molar-refractivity contribution is -0.131. The zero-order valence-electron chi connectivity index (χ0n) is 14.6. The fourth-order valence-electron chi connectivity index (χ4n) is 3.02. The third-order valence-electron chi connectivity index (χ3n) is 4.49. The summed E-state index contributed by atoms with van der Waals surface area (Å²) in [6.07, 6.45) is 1.47. The molecule has 2 aliphatic heterocycles. The molecular weight excluding hydrogens is 316 g/mol. The molecule has 0 saturated carbocycles. The molecule has 2 saturated heterocycles. The number of likely N-dealkylation sites (tertiary alicyclic amines) is 1. The normalized spacial score (nSPS) is 22.6. The zero-order valence-corrected chi connectivity index (χ0v) is 15.4. The molecule has 2 heterocycles. The lowest BCUT2D eigenvalue weighted by Gasteiger charge is -2.32. The average molecular weight is 347 g/mol. The number of carbonyl (C=O) groups excluding carboxylic acids is 2. The number of amides is 2. The van der Waals surface area contributed by atoms with Crippen LogP contribution in [0.2, 0.25) is 0 Å². The van der Waals surface area contributed by atoms with Gasteiger partial charge in [-0.05, 0) is 6.42 Å². The number of nitrogens with zero attached hydrogens (tertiary/aromatic N) is 2. The first-order valence-corrected chi connectivity index (χ1v) is 8.39. The Bertz CT molecular complexity index is 405. The molecular formula is C16H31ClN4O2. The second-order valence-electron chi connectivity index (χ2n) is 7.32. The van der Waals surface area contributed by atoms with E-state index < -0.39 is 5.41 Å². The van der Waals surface area contributed by atoms with Crippen molar-refractivity contribution in [2.24, 2.45) is 5.41 Å². The Balaban J connectivity index is 0.00000264. The Hall–Kier alpha value is -0.850. The summed E-state index contributed by atoms with van der Waals surface area (Å²) in [5.41, 5.74) is -0.399. The van der Waals surface area contributed by atoms with Gasteiger partial charge in [-0.2, -0.15) is 0 Å². The second-order valence-corrected chi connectivity index (χ2v) is 7.32. The van der Waals surface area contributed by atoms with Crippen molar-refractivity contribution < 1.29 is 9.59 Å². The summed E-state index contributed by atoms with van der Waals surface area (Å²) in [5.74, 6) is 0.159. The van der Waals surface area contributed by atoms with Gasteiger partial charge in [-0.3, -0.25) is 14.5 Å². The van der Waals surface area contributed by atoms with Crippen molar-refractivity contribution in [1.29, 1.82) is 0 Å². The van der Waals surface area contributed by atoms with Gasteiger partial charge >= 0.3 is 0 Å². The molecule has 1 unspecified atom stereocenters. The number of hydrogen-bond donors (Lipinski definition) is 2. The summed E-state index contributed by atoms with van der Waals surface area (Å²) in [5, 5.41) is 6.21. The van der Waals surface area contributed by atoms with Crippen LogP contribution in [-0.2, 0) is 9.59 Å². The summed E-state index contributed by atoms with van der Waals surface area (Å²) >= 11 is 0. The molecule has 2 fully saturated rings. The molecule has 0 aromatic carbocycles. The molecule has 0 aromatic heterocycles. The number of carbonyl (C=O) groups is 2. The summed E-state index contributed by atoms with van der Waals surface area (Å²) < 4.78 is 0. The SMILES string of the molecule is CC(C)(C)C(=O)NCCC(=O)N1CCC(N2CCNCC2)C1.Cl. The highest BCUT2D eigenvalue weighted by atomic mass is 35.5. The zero-order chi connectivity index (χ0) is 16.2. The highest BCUT2D eigenvalue weighted by Crippen LogP contribution is 2.17. The smallest absolute Gasteiger partial charge is 0.225 e. The van der Waals surface area contributed by atoms with Crippen LogP contribution in [0.25, 0.3) is 0 Å². The van der Waals surface area contributed by atoms with E-state index in [2.05, 4.69) is 15.5 Å². The number of nitrogens with one attached hydrogen (secondary N) is 2. The largest absolute Gasteiger partial charge is 0.355 e. The van der Waals surface area contributed by atoms with Gasteiger partial charge in [0.25, 0.3) is 0 Å². The van der Waals surface area contributed by atoms with Crippen molar-refractivity contribution in [2.75, 3.05) is 45.8 Å². The van der Waals surface area contributed by atoms with E-state index in [4.69, 9.17) is 0 Å². The topological polar surface area (TPSA) is 64.7 Å². The third-order valence-corrected chi connectivity index (χ3v) is 4.49. The highest BCUT2D eigenvalue weighted by molar-refractivity contribution is 5.85. The van der Waals surface area contributed by atoms with Crippen molar-refractivity contribution in [3.63, 3.8) is 0 Å². The Morgan fingerprint density at radius 2 is 1.83 bits per heavy atom. The molecule has 2 rings (SSSR count). The molecule has 0 aromatic rings. The van der Waals surface area contributed by atoms with Gasteiger partial charge in [-0.1, -0.05) is 20.8 Å². The van der Waals surface area contributed by atoms with Crippen LogP contribution >= 0.6 is 12.4 Å². The first-order chi connectivity index (χ1) is 10.4. The molecule has 0 radical (unpaired) electrons. The number of piperazine rings is 1. The minimum atomic E-state index is -0.399. The Labute approximate surface area is 145 Å². The van der Waals surface area contributed by atoms with Gasteiger partial charge in [-0.15, -0.1) is 12.4 Å². The van der Waals surface area contributed by atoms with E-state index >= 15 is 0 Å². The van der Waals surface area contributed by atoms with E-state index in [1.54, 1.807) is 0 Å². The molecule has 134 valence electrons. The van der Waals surface area contributed by atoms with Gasteiger partial charge in [0.1, 0.15) is 0 Å². The Kier molecular flexibility index (Phi) is 7.77. The fraction of sp³-hybridized carbons (Fsp3) is 0.875. The molecule has 1 atom stereocenters. The Morgan fingerprint density at radius 3 is 2.43 bits per heavy atom. The minimum absolute atomic E-state index is 0. The maximum absolute atomic E-state index is 12.2. The van der Waals surface area contributed by atoms with Crippen LogP contribution in [0.3, 0.4) is 0 Å². The molecule has 23 heavy (non-hydrogen) atoms. The number of hydrogen-bond acceptors (Lipinski definition) is 4. The van der Waals surface area contributed by atoms with Crippen LogP contribution < -0.4 is 10.6 Å². The molecule has 0 spiro atoms. The van der Waals surface area contributed by atoms with Crippen LogP contribution in [0.4, 0.5) is 0 Å². The first kappa shape index (κ1) is 20.2. The van der Waals surface area contributed by atoms with E-state index in [1.807, 2.05) is 25.7 Å². The van der Waals surface area contributed by atoms with Crippen LogP contribution in [0, 0.1) is 5.41 Å². The van der Waals surface area contributed by atoms with Crippen molar-refractivity contribution in [3.05, 3.63) is 0 Å². The Morgan fingerprint density at radius 1 is 1.17 bits per heavy atom. The molecule has 0 bridgehead atoms. The highest BCUT2D eigenvalue weighted by Gasteiger charge is 2.30. The summed E-state index contributed by atoms with van der Waals surface area (Å²) in [6, 6.07) is 0.509. The van der Waals surface area contributed by atoms with Crippen LogP contribution in [0.15, 0.2) is 0 Å². The maximum Gasteiger partial charge on any atom is 0.225 e. The van der Waals surface area contributed by atoms with Gasteiger partial charge in [0.2, 0.25) is 11.8 Å². The van der Waals surface area contributed by atoms with Crippen LogP contribution in [0.5, 0.6) is 0 Å². The monoisotopic (exact) mass is 346 g/mol. The molecule has 7 heteroatoms. The van der Waals surface area contributed by atoms with Crippen molar-refractivity contribution in [3.8, 4) is 0 Å². The summed E-state index contributed by atoms with van der Waals surface area (Å²) in [4.78, 5) is 28.5. The molecule has 2 aliphatic rings. The van der Waals surface area contributed by atoms with Gasteiger partial charge in [0, 0.05) is 63.7 Å². The third kappa shape index (κ3) is 5.94. The maximum atomic E-state index is 12.2. The summed E-state index contributed by atoms with van der Waals surface area (Å²) in [6.45, 7) is 12.0. The predicted octanol–water partition coefficient (Wildman–Crippen LogP) is 0.467. The van der Waals surface area contributed by atoms with Gasteiger partial charge in [0.15, 0.2) is 0 Å². The van der Waals surface area contributed by atoms with Crippen molar-refractivity contribution >= 4 is 24.2 Å². The van der Waals surface area contributed by atoms with E-state index in [0.717, 1.165) is 45.7 Å². The predicted molar refractivity (Wildman–Crippen MR) is 93.8 cm³/mol.